The highest BCUT2D eigenvalue weighted by Gasteiger charge is 2.35. The van der Waals surface area contributed by atoms with Gasteiger partial charge in [0.15, 0.2) is 0 Å². The molecule has 0 radical (unpaired) electrons. The maximum absolute atomic E-state index is 11.8. The molecule has 1 heterocycles. The zero-order valence-corrected chi connectivity index (χ0v) is 10.1. The maximum atomic E-state index is 11.8. The Kier molecular flexibility index (Phi) is 4.55. The molecule has 1 saturated heterocycles. The van der Waals surface area contributed by atoms with Crippen molar-refractivity contribution in [2.75, 3.05) is 19.7 Å². The molecule has 1 unspecified atom stereocenters. The number of nitrogens with one attached hydrogen (secondary N) is 1. The number of hydrogen-bond donors (Lipinski definition) is 1. The number of piperazine rings is 1. The van der Waals surface area contributed by atoms with Crippen LogP contribution in [0, 0.1) is 5.92 Å². The van der Waals surface area contributed by atoms with Crippen LogP contribution in [0.1, 0.15) is 13.8 Å². The molecule has 1 fully saturated rings. The predicted octanol–water partition coefficient (Wildman–Crippen LogP) is 0.506. The molecule has 1 N–H and O–H groups in total. The van der Waals surface area contributed by atoms with Crippen LogP contribution in [0.4, 0.5) is 13.2 Å². The van der Waals surface area contributed by atoms with Crippen LogP contribution in [0.3, 0.4) is 0 Å². The Morgan fingerprint density at radius 2 is 2.06 bits per heavy atom. The van der Waals surface area contributed by atoms with Gasteiger partial charge in [-0.3, -0.25) is 14.3 Å². The minimum atomic E-state index is -4.72. The van der Waals surface area contributed by atoms with E-state index in [4.69, 9.17) is 0 Å². The van der Waals surface area contributed by atoms with Crippen molar-refractivity contribution in [3.8, 4) is 0 Å². The van der Waals surface area contributed by atoms with E-state index in [-0.39, 0.29) is 30.8 Å². The van der Waals surface area contributed by atoms with Crippen LogP contribution in [0.2, 0.25) is 0 Å². The molecule has 1 aliphatic rings. The maximum Gasteiger partial charge on any atom is 0.522 e. The quantitative estimate of drug-likeness (QED) is 0.808. The molecule has 0 spiro atoms. The SMILES string of the molecule is CC(C)C1NC(=O)CN(CCOC(F)(F)F)C1=O. The fourth-order valence-corrected chi connectivity index (χ4v) is 1.64. The first-order valence-electron chi connectivity index (χ1n) is 5.49. The third-order valence-electron chi connectivity index (χ3n) is 2.52. The highest BCUT2D eigenvalue weighted by Crippen LogP contribution is 2.16. The minimum Gasteiger partial charge on any atom is -0.343 e. The zero-order valence-electron chi connectivity index (χ0n) is 10.1. The predicted molar refractivity (Wildman–Crippen MR) is 55.4 cm³/mol. The van der Waals surface area contributed by atoms with Crippen LogP contribution in [-0.2, 0) is 14.3 Å². The highest BCUT2D eigenvalue weighted by molar-refractivity contribution is 5.94. The number of nitrogens with zero attached hydrogens (tertiary/aromatic N) is 1. The van der Waals surface area contributed by atoms with E-state index in [0.29, 0.717) is 0 Å². The van der Waals surface area contributed by atoms with Crippen LogP contribution in [0.5, 0.6) is 0 Å². The van der Waals surface area contributed by atoms with E-state index >= 15 is 0 Å². The molecular weight excluding hydrogens is 253 g/mol. The zero-order chi connectivity index (χ0) is 13.9. The first-order valence-corrected chi connectivity index (χ1v) is 5.49. The Hall–Kier alpha value is -1.31. The number of carbonyl (C=O) groups excluding carboxylic acids is 2. The Balaban J connectivity index is 2.54. The lowest BCUT2D eigenvalue weighted by atomic mass is 10.0. The van der Waals surface area contributed by atoms with E-state index in [0.717, 1.165) is 4.90 Å². The fourth-order valence-electron chi connectivity index (χ4n) is 1.64. The number of hydrogen-bond acceptors (Lipinski definition) is 3. The summed E-state index contributed by atoms with van der Waals surface area (Å²) in [6, 6.07) is -0.683. The van der Waals surface area contributed by atoms with Crippen LogP contribution in [0.25, 0.3) is 0 Å². The lowest BCUT2D eigenvalue weighted by molar-refractivity contribution is -0.324. The molecule has 1 aliphatic heterocycles. The van der Waals surface area contributed by atoms with Gasteiger partial charge in [0.2, 0.25) is 11.8 Å². The second-order valence-corrected chi connectivity index (χ2v) is 4.34. The van der Waals surface area contributed by atoms with Gasteiger partial charge in [-0.2, -0.15) is 0 Å². The molecule has 2 amide bonds. The Morgan fingerprint density at radius 3 is 2.56 bits per heavy atom. The van der Waals surface area contributed by atoms with Crippen molar-refractivity contribution in [3.63, 3.8) is 0 Å². The first kappa shape index (κ1) is 14.7. The molecule has 0 aromatic rings. The van der Waals surface area contributed by atoms with Gasteiger partial charge >= 0.3 is 6.36 Å². The molecule has 0 aromatic carbocycles. The molecule has 8 heteroatoms. The number of alkyl halides is 3. The molecule has 18 heavy (non-hydrogen) atoms. The van der Waals surface area contributed by atoms with Gasteiger partial charge in [0, 0.05) is 6.54 Å². The second kappa shape index (κ2) is 5.55. The number of rotatable bonds is 4. The number of halogens is 3. The van der Waals surface area contributed by atoms with E-state index in [1.165, 1.54) is 0 Å². The summed E-state index contributed by atoms with van der Waals surface area (Å²) in [6.45, 7) is 2.34. The molecule has 5 nitrogen and oxygen atoms in total. The topological polar surface area (TPSA) is 58.6 Å². The van der Waals surface area contributed by atoms with Gasteiger partial charge in [-0.1, -0.05) is 13.8 Å². The van der Waals surface area contributed by atoms with Gasteiger partial charge in [-0.25, -0.2) is 0 Å². The Bertz CT molecular complexity index is 331. The standard InChI is InChI=1S/C10H15F3N2O3/c1-6(2)8-9(17)15(5-7(16)14-8)3-4-18-10(11,12)13/h6,8H,3-5H2,1-2H3,(H,14,16). The van der Waals surface area contributed by atoms with E-state index < -0.39 is 19.0 Å². The number of carbonyl (C=O) groups is 2. The highest BCUT2D eigenvalue weighted by atomic mass is 19.4. The van der Waals surface area contributed by atoms with Gasteiger partial charge in [-0.05, 0) is 5.92 Å². The monoisotopic (exact) mass is 268 g/mol. The van der Waals surface area contributed by atoms with E-state index in [2.05, 4.69) is 10.1 Å². The third-order valence-corrected chi connectivity index (χ3v) is 2.52. The minimum absolute atomic E-state index is 0.118. The third kappa shape index (κ3) is 4.17. The smallest absolute Gasteiger partial charge is 0.343 e. The van der Waals surface area contributed by atoms with Crippen molar-refractivity contribution in [2.45, 2.75) is 26.3 Å². The van der Waals surface area contributed by atoms with Crippen LogP contribution >= 0.6 is 0 Å². The summed E-state index contributed by atoms with van der Waals surface area (Å²) in [5.74, 6) is -0.872. The summed E-state index contributed by atoms with van der Waals surface area (Å²) in [5, 5.41) is 2.51. The van der Waals surface area contributed by atoms with Crippen molar-refractivity contribution in [3.05, 3.63) is 0 Å². The largest absolute Gasteiger partial charge is 0.522 e. The van der Waals surface area contributed by atoms with Crippen molar-refractivity contribution < 1.29 is 27.5 Å². The van der Waals surface area contributed by atoms with Gasteiger partial charge in [-0.15, -0.1) is 13.2 Å². The summed E-state index contributed by atoms with van der Waals surface area (Å²) in [4.78, 5) is 24.2. The van der Waals surface area contributed by atoms with Gasteiger partial charge in [0.1, 0.15) is 6.04 Å². The van der Waals surface area contributed by atoms with Crippen molar-refractivity contribution in [1.29, 1.82) is 0 Å². The van der Waals surface area contributed by atoms with Gasteiger partial charge in [0.25, 0.3) is 0 Å². The van der Waals surface area contributed by atoms with E-state index in [9.17, 15) is 22.8 Å². The molecule has 0 bridgehead atoms. The van der Waals surface area contributed by atoms with Crippen LogP contribution in [0.15, 0.2) is 0 Å². The van der Waals surface area contributed by atoms with Crippen LogP contribution in [-0.4, -0.2) is 48.8 Å². The molecular formula is C10H15F3N2O3. The Labute approximate surface area is 102 Å². The van der Waals surface area contributed by atoms with Crippen molar-refractivity contribution in [2.24, 2.45) is 5.92 Å². The van der Waals surface area contributed by atoms with Crippen molar-refractivity contribution >= 4 is 11.8 Å². The number of ether oxygens (including phenoxy) is 1. The fraction of sp³-hybridized carbons (Fsp3) is 0.800. The molecule has 0 aromatic heterocycles. The summed E-state index contributed by atoms with van der Waals surface area (Å²) in [5.41, 5.74) is 0. The number of amides is 2. The second-order valence-electron chi connectivity index (χ2n) is 4.34. The lowest BCUT2D eigenvalue weighted by Gasteiger charge is -2.34. The van der Waals surface area contributed by atoms with Crippen molar-refractivity contribution in [1.82, 2.24) is 10.2 Å². The lowest BCUT2D eigenvalue weighted by Crippen LogP contribution is -2.60. The summed E-state index contributed by atoms with van der Waals surface area (Å²) >= 11 is 0. The first-order chi connectivity index (χ1) is 8.20. The van der Waals surface area contributed by atoms with E-state index in [1.54, 1.807) is 13.8 Å². The average Bonchev–Trinajstić information content (AvgIpc) is 2.20. The Morgan fingerprint density at radius 1 is 1.44 bits per heavy atom. The van der Waals surface area contributed by atoms with Gasteiger partial charge < -0.3 is 10.2 Å². The van der Waals surface area contributed by atoms with Crippen LogP contribution < -0.4 is 5.32 Å². The summed E-state index contributed by atoms with van der Waals surface area (Å²) in [7, 11) is 0. The normalized spacial score (nSPS) is 21.4. The molecule has 1 rings (SSSR count). The molecule has 0 saturated carbocycles. The summed E-state index contributed by atoms with van der Waals surface area (Å²) in [6.07, 6.45) is -4.72. The molecule has 104 valence electrons. The molecule has 1 atom stereocenters. The molecule has 0 aliphatic carbocycles. The van der Waals surface area contributed by atoms with Gasteiger partial charge in [0.05, 0.1) is 13.2 Å². The van der Waals surface area contributed by atoms with E-state index in [1.807, 2.05) is 0 Å². The summed E-state index contributed by atoms with van der Waals surface area (Å²) < 4.78 is 38.9. The average molecular weight is 268 g/mol.